The maximum absolute atomic E-state index is 5.83. The Hall–Kier alpha value is -0.970. The molecule has 4 nitrogen and oxygen atoms in total. The van der Waals surface area contributed by atoms with Gasteiger partial charge >= 0.3 is 0 Å². The molecule has 1 heterocycles. The van der Waals surface area contributed by atoms with E-state index >= 15 is 0 Å². The van der Waals surface area contributed by atoms with E-state index in [0.29, 0.717) is 19.3 Å². The van der Waals surface area contributed by atoms with Crippen molar-refractivity contribution in [3.05, 3.63) is 24.3 Å². The highest BCUT2D eigenvalue weighted by atomic mass is 35.5. The van der Waals surface area contributed by atoms with Crippen LogP contribution in [0.1, 0.15) is 13.3 Å². The van der Waals surface area contributed by atoms with Gasteiger partial charge in [-0.3, -0.25) is 4.90 Å². The SMILES string of the molecule is CCOc1ccccc1OCCN1CCC(NC)C1.Cl. The average molecular weight is 301 g/mol. The molecular weight excluding hydrogens is 276 g/mol. The minimum absolute atomic E-state index is 0. The van der Waals surface area contributed by atoms with Gasteiger partial charge in [0.1, 0.15) is 6.61 Å². The predicted octanol–water partition coefficient (Wildman–Crippen LogP) is 2.18. The summed E-state index contributed by atoms with van der Waals surface area (Å²) in [6, 6.07) is 8.49. The lowest BCUT2D eigenvalue weighted by Crippen LogP contribution is -2.31. The zero-order valence-electron chi connectivity index (χ0n) is 12.3. The first-order valence-electron chi connectivity index (χ1n) is 7.07. The standard InChI is InChI=1S/C15H24N2O2.ClH/c1-3-18-14-6-4-5-7-15(14)19-11-10-17-9-8-13(12-17)16-2;/h4-7,13,16H,3,8-12H2,1-2H3;1H. The van der Waals surface area contributed by atoms with Gasteiger partial charge in [-0.05, 0) is 39.1 Å². The Morgan fingerprint density at radius 3 is 2.55 bits per heavy atom. The lowest BCUT2D eigenvalue weighted by molar-refractivity contribution is 0.224. The Bertz CT molecular complexity index is 390. The minimum Gasteiger partial charge on any atom is -0.490 e. The van der Waals surface area contributed by atoms with Gasteiger partial charge in [0, 0.05) is 19.1 Å². The van der Waals surface area contributed by atoms with E-state index in [1.54, 1.807) is 0 Å². The van der Waals surface area contributed by atoms with Crippen molar-refractivity contribution in [1.82, 2.24) is 10.2 Å². The second-order valence-electron chi connectivity index (χ2n) is 4.80. The molecule has 1 N–H and O–H groups in total. The summed E-state index contributed by atoms with van der Waals surface area (Å²) < 4.78 is 11.4. The molecule has 1 aliphatic rings. The third-order valence-electron chi connectivity index (χ3n) is 3.49. The van der Waals surface area contributed by atoms with Crippen LogP contribution in [0.15, 0.2) is 24.3 Å². The summed E-state index contributed by atoms with van der Waals surface area (Å²) in [6.07, 6.45) is 1.23. The number of likely N-dealkylation sites (tertiary alicyclic amines) is 1. The number of hydrogen-bond acceptors (Lipinski definition) is 4. The van der Waals surface area contributed by atoms with Gasteiger partial charge in [-0.25, -0.2) is 0 Å². The zero-order chi connectivity index (χ0) is 13.5. The van der Waals surface area contributed by atoms with E-state index in [9.17, 15) is 0 Å². The van der Waals surface area contributed by atoms with E-state index in [0.717, 1.165) is 31.1 Å². The molecule has 0 aromatic heterocycles. The van der Waals surface area contributed by atoms with Crippen molar-refractivity contribution in [2.45, 2.75) is 19.4 Å². The van der Waals surface area contributed by atoms with E-state index in [-0.39, 0.29) is 12.4 Å². The Balaban J connectivity index is 0.00000200. The molecule has 1 aromatic carbocycles. The first-order chi connectivity index (χ1) is 9.33. The molecule has 0 aliphatic carbocycles. The summed E-state index contributed by atoms with van der Waals surface area (Å²) >= 11 is 0. The number of benzene rings is 1. The summed E-state index contributed by atoms with van der Waals surface area (Å²) in [4.78, 5) is 2.43. The summed E-state index contributed by atoms with van der Waals surface area (Å²) in [5.41, 5.74) is 0. The van der Waals surface area contributed by atoms with Gasteiger partial charge in [0.2, 0.25) is 0 Å². The lowest BCUT2D eigenvalue weighted by Gasteiger charge is -2.17. The number of nitrogens with one attached hydrogen (secondary N) is 1. The number of hydrogen-bond donors (Lipinski definition) is 1. The molecule has 2 rings (SSSR count). The van der Waals surface area contributed by atoms with Crippen molar-refractivity contribution in [3.8, 4) is 11.5 Å². The summed E-state index contributed by atoms with van der Waals surface area (Å²) in [5.74, 6) is 1.67. The van der Waals surface area contributed by atoms with E-state index in [4.69, 9.17) is 9.47 Å². The van der Waals surface area contributed by atoms with Crippen molar-refractivity contribution in [3.63, 3.8) is 0 Å². The van der Waals surface area contributed by atoms with Crippen LogP contribution in [0.3, 0.4) is 0 Å². The molecule has 1 aliphatic heterocycles. The second-order valence-corrected chi connectivity index (χ2v) is 4.80. The molecule has 1 aromatic rings. The molecule has 0 bridgehead atoms. The van der Waals surface area contributed by atoms with Crippen molar-refractivity contribution in [2.24, 2.45) is 0 Å². The molecule has 0 spiro atoms. The average Bonchev–Trinajstić information content (AvgIpc) is 2.89. The molecule has 20 heavy (non-hydrogen) atoms. The Kier molecular flexibility index (Phi) is 7.73. The quantitative estimate of drug-likeness (QED) is 0.837. The molecular formula is C15H25ClN2O2. The molecule has 0 radical (unpaired) electrons. The molecule has 1 saturated heterocycles. The third kappa shape index (κ3) is 4.85. The monoisotopic (exact) mass is 300 g/mol. The van der Waals surface area contributed by atoms with Gasteiger partial charge in [-0.2, -0.15) is 0 Å². The van der Waals surface area contributed by atoms with Gasteiger partial charge < -0.3 is 14.8 Å². The first kappa shape index (κ1) is 17.1. The topological polar surface area (TPSA) is 33.7 Å². The molecule has 1 unspecified atom stereocenters. The summed E-state index contributed by atoms with van der Waals surface area (Å²) in [7, 11) is 2.03. The molecule has 1 fully saturated rings. The fraction of sp³-hybridized carbons (Fsp3) is 0.600. The van der Waals surface area contributed by atoms with Gasteiger partial charge in [-0.1, -0.05) is 12.1 Å². The fourth-order valence-corrected chi connectivity index (χ4v) is 2.40. The molecule has 0 amide bonds. The first-order valence-corrected chi connectivity index (χ1v) is 7.07. The van der Waals surface area contributed by atoms with Gasteiger partial charge in [0.15, 0.2) is 11.5 Å². The van der Waals surface area contributed by atoms with Crippen LogP contribution in [0.5, 0.6) is 11.5 Å². The highest BCUT2D eigenvalue weighted by molar-refractivity contribution is 5.85. The van der Waals surface area contributed by atoms with Crippen LogP contribution < -0.4 is 14.8 Å². The van der Waals surface area contributed by atoms with Crippen molar-refractivity contribution >= 4 is 12.4 Å². The summed E-state index contributed by atoms with van der Waals surface area (Å²) in [6.45, 7) is 6.60. The molecule has 0 saturated carbocycles. The maximum Gasteiger partial charge on any atom is 0.161 e. The van der Waals surface area contributed by atoms with Crippen molar-refractivity contribution < 1.29 is 9.47 Å². The smallest absolute Gasteiger partial charge is 0.161 e. The molecule has 1 atom stereocenters. The van der Waals surface area contributed by atoms with Gasteiger partial charge in [-0.15, -0.1) is 12.4 Å². The van der Waals surface area contributed by atoms with E-state index < -0.39 is 0 Å². The van der Waals surface area contributed by atoms with E-state index in [2.05, 4.69) is 10.2 Å². The second kappa shape index (κ2) is 9.06. The maximum atomic E-state index is 5.83. The van der Waals surface area contributed by atoms with Crippen molar-refractivity contribution in [2.75, 3.05) is 39.9 Å². The zero-order valence-corrected chi connectivity index (χ0v) is 13.1. The highest BCUT2D eigenvalue weighted by Gasteiger charge is 2.20. The Morgan fingerprint density at radius 1 is 1.25 bits per heavy atom. The minimum atomic E-state index is 0. The van der Waals surface area contributed by atoms with Crippen molar-refractivity contribution in [1.29, 1.82) is 0 Å². The third-order valence-corrected chi connectivity index (χ3v) is 3.49. The van der Waals surface area contributed by atoms with E-state index in [1.165, 1.54) is 6.42 Å². The van der Waals surface area contributed by atoms with Crippen LogP contribution in [-0.2, 0) is 0 Å². The normalized spacial score (nSPS) is 18.6. The molecule has 114 valence electrons. The predicted molar refractivity (Wildman–Crippen MR) is 84.3 cm³/mol. The Labute approximate surface area is 127 Å². The number of rotatable bonds is 7. The fourth-order valence-electron chi connectivity index (χ4n) is 2.40. The number of likely N-dealkylation sites (N-methyl/N-ethyl adjacent to an activating group) is 1. The van der Waals surface area contributed by atoms with Crippen LogP contribution >= 0.6 is 12.4 Å². The largest absolute Gasteiger partial charge is 0.490 e. The number of ether oxygens (including phenoxy) is 2. The van der Waals surface area contributed by atoms with Gasteiger partial charge in [0.25, 0.3) is 0 Å². The van der Waals surface area contributed by atoms with Crippen LogP contribution in [0.2, 0.25) is 0 Å². The Morgan fingerprint density at radius 2 is 1.95 bits per heavy atom. The number of para-hydroxylation sites is 2. The van der Waals surface area contributed by atoms with Gasteiger partial charge in [0.05, 0.1) is 6.61 Å². The summed E-state index contributed by atoms with van der Waals surface area (Å²) in [5, 5.41) is 3.33. The van der Waals surface area contributed by atoms with Crippen LogP contribution in [0.4, 0.5) is 0 Å². The van der Waals surface area contributed by atoms with Crippen LogP contribution in [0, 0.1) is 0 Å². The molecule has 5 heteroatoms. The van der Waals surface area contributed by atoms with E-state index in [1.807, 2.05) is 38.2 Å². The van der Waals surface area contributed by atoms with Crippen LogP contribution in [-0.4, -0.2) is 50.8 Å². The highest BCUT2D eigenvalue weighted by Crippen LogP contribution is 2.26. The number of nitrogens with zero attached hydrogens (tertiary/aromatic N) is 1. The van der Waals surface area contributed by atoms with Crippen LogP contribution in [0.25, 0.3) is 0 Å². The number of halogens is 1. The lowest BCUT2D eigenvalue weighted by atomic mass is 10.3.